The number of amides is 2. The van der Waals surface area contributed by atoms with Gasteiger partial charge in [0, 0.05) is 57.7 Å². The molecule has 0 unspecified atom stereocenters. The van der Waals surface area contributed by atoms with Gasteiger partial charge in [-0.1, -0.05) is 30.3 Å². The molecule has 33 heavy (non-hydrogen) atoms. The Morgan fingerprint density at radius 3 is 2.33 bits per heavy atom. The van der Waals surface area contributed by atoms with Crippen LogP contribution in [0.15, 0.2) is 36.4 Å². The van der Waals surface area contributed by atoms with Crippen LogP contribution < -0.4 is 15.5 Å². The number of nitrogens with zero attached hydrogens (tertiary/aromatic N) is 3. The third-order valence-corrected chi connectivity index (χ3v) is 6.98. The Bertz CT molecular complexity index is 1010. The minimum absolute atomic E-state index is 0.0341. The molecule has 0 spiro atoms. The standard InChI is InChI=1S/C26H35N5O2/c1-18-6-5-7-19(2)24(18)28-26(33)25(32)27-17-23(31-14-12-29(3)13-15-31)20-8-9-22-21(16-20)10-11-30(22)4/h5-9,16,23H,10-15,17H2,1-4H3,(H,27,32)(H,28,33)/t23-/m0/s1. The van der Waals surface area contributed by atoms with Crippen LogP contribution >= 0.6 is 0 Å². The van der Waals surface area contributed by atoms with E-state index in [-0.39, 0.29) is 6.04 Å². The predicted octanol–water partition coefficient (Wildman–Crippen LogP) is 2.34. The summed E-state index contributed by atoms with van der Waals surface area (Å²) in [5.41, 5.74) is 6.42. The maximum atomic E-state index is 12.7. The van der Waals surface area contributed by atoms with E-state index in [1.54, 1.807) is 0 Å². The second kappa shape index (κ2) is 9.93. The summed E-state index contributed by atoms with van der Waals surface area (Å²) >= 11 is 0. The third kappa shape index (κ3) is 5.20. The molecule has 2 N–H and O–H groups in total. The Kier molecular flexibility index (Phi) is 7.00. The third-order valence-electron chi connectivity index (χ3n) is 6.98. The van der Waals surface area contributed by atoms with E-state index in [1.807, 2.05) is 32.0 Å². The Labute approximate surface area is 196 Å². The van der Waals surface area contributed by atoms with Gasteiger partial charge >= 0.3 is 11.8 Å². The van der Waals surface area contributed by atoms with E-state index >= 15 is 0 Å². The lowest BCUT2D eigenvalue weighted by atomic mass is 10.00. The molecule has 2 amide bonds. The highest BCUT2D eigenvalue weighted by molar-refractivity contribution is 6.39. The highest BCUT2D eigenvalue weighted by Gasteiger charge is 2.27. The number of carbonyl (C=O) groups is 2. The lowest BCUT2D eigenvalue weighted by molar-refractivity contribution is -0.136. The molecule has 176 valence electrons. The Morgan fingerprint density at radius 2 is 1.64 bits per heavy atom. The molecule has 0 saturated carbocycles. The molecule has 7 nitrogen and oxygen atoms in total. The first-order chi connectivity index (χ1) is 15.8. The summed E-state index contributed by atoms with van der Waals surface area (Å²) in [5.74, 6) is -1.22. The van der Waals surface area contributed by atoms with Crippen LogP contribution in [0.3, 0.4) is 0 Å². The Hall–Kier alpha value is -2.90. The van der Waals surface area contributed by atoms with E-state index < -0.39 is 11.8 Å². The number of rotatable bonds is 5. The summed E-state index contributed by atoms with van der Waals surface area (Å²) in [4.78, 5) is 32.4. The molecule has 0 aromatic heterocycles. The Balaban J connectivity index is 1.47. The summed E-state index contributed by atoms with van der Waals surface area (Å²) in [6.07, 6.45) is 1.04. The fourth-order valence-corrected chi connectivity index (χ4v) is 4.84. The predicted molar refractivity (Wildman–Crippen MR) is 133 cm³/mol. The normalized spacial score (nSPS) is 17.5. The van der Waals surface area contributed by atoms with Crippen molar-refractivity contribution in [1.82, 2.24) is 15.1 Å². The van der Waals surface area contributed by atoms with Crippen LogP contribution in [0.1, 0.15) is 28.3 Å². The first-order valence-electron chi connectivity index (χ1n) is 11.8. The SMILES string of the molecule is Cc1cccc(C)c1NC(=O)C(=O)NC[C@@H](c1ccc2c(c1)CCN2C)N1CCN(C)CC1. The molecule has 4 rings (SSSR count). The molecule has 7 heteroatoms. The molecular weight excluding hydrogens is 414 g/mol. The highest BCUT2D eigenvalue weighted by atomic mass is 16.2. The number of carbonyl (C=O) groups excluding carboxylic acids is 2. The second-order valence-electron chi connectivity index (χ2n) is 9.35. The fourth-order valence-electron chi connectivity index (χ4n) is 4.84. The quantitative estimate of drug-likeness (QED) is 0.686. The van der Waals surface area contributed by atoms with Crippen LogP contribution in [0, 0.1) is 13.8 Å². The number of hydrogen-bond donors (Lipinski definition) is 2. The van der Waals surface area contributed by atoms with E-state index in [9.17, 15) is 9.59 Å². The first-order valence-corrected chi connectivity index (χ1v) is 11.8. The van der Waals surface area contributed by atoms with Gasteiger partial charge in [0.1, 0.15) is 0 Å². The fraction of sp³-hybridized carbons (Fsp3) is 0.462. The van der Waals surface area contributed by atoms with Gasteiger partial charge in [-0.3, -0.25) is 14.5 Å². The topological polar surface area (TPSA) is 67.9 Å². The minimum Gasteiger partial charge on any atom is -0.374 e. The van der Waals surface area contributed by atoms with Crippen molar-refractivity contribution in [2.24, 2.45) is 0 Å². The molecule has 1 saturated heterocycles. The van der Waals surface area contributed by atoms with Gasteiger partial charge < -0.3 is 20.4 Å². The van der Waals surface area contributed by atoms with E-state index in [0.29, 0.717) is 12.2 Å². The van der Waals surface area contributed by atoms with Gasteiger partial charge in [-0.15, -0.1) is 0 Å². The lowest BCUT2D eigenvalue weighted by Gasteiger charge is -2.38. The number of likely N-dealkylation sites (N-methyl/N-ethyl adjacent to an activating group) is 2. The van der Waals surface area contributed by atoms with Crippen molar-refractivity contribution in [3.05, 3.63) is 58.7 Å². The van der Waals surface area contributed by atoms with Crippen molar-refractivity contribution >= 4 is 23.2 Å². The smallest absolute Gasteiger partial charge is 0.313 e. The van der Waals surface area contributed by atoms with Crippen LogP contribution in [-0.4, -0.2) is 75.0 Å². The minimum atomic E-state index is -0.625. The number of hydrogen-bond acceptors (Lipinski definition) is 5. The van der Waals surface area contributed by atoms with Gasteiger partial charge in [0.15, 0.2) is 0 Å². The molecule has 2 aliphatic heterocycles. The van der Waals surface area contributed by atoms with Crippen molar-refractivity contribution in [1.29, 1.82) is 0 Å². The molecule has 0 bridgehead atoms. The number of aryl methyl sites for hydroxylation is 2. The monoisotopic (exact) mass is 449 g/mol. The van der Waals surface area contributed by atoms with Crippen molar-refractivity contribution in [2.75, 3.05) is 63.6 Å². The van der Waals surface area contributed by atoms with Gasteiger partial charge in [0.25, 0.3) is 0 Å². The van der Waals surface area contributed by atoms with E-state index in [4.69, 9.17) is 0 Å². The molecule has 2 aromatic carbocycles. The first kappa shape index (κ1) is 23.3. The van der Waals surface area contributed by atoms with Crippen molar-refractivity contribution in [3.63, 3.8) is 0 Å². The number of fused-ring (bicyclic) bond motifs is 1. The maximum Gasteiger partial charge on any atom is 0.313 e. The van der Waals surface area contributed by atoms with Crippen LogP contribution in [0.2, 0.25) is 0 Å². The number of piperazine rings is 1. The largest absolute Gasteiger partial charge is 0.374 e. The van der Waals surface area contributed by atoms with E-state index in [1.165, 1.54) is 16.8 Å². The maximum absolute atomic E-state index is 12.7. The average Bonchev–Trinajstić information content (AvgIpc) is 3.17. The van der Waals surface area contributed by atoms with E-state index in [0.717, 1.165) is 50.3 Å². The molecule has 0 aliphatic carbocycles. The van der Waals surface area contributed by atoms with Crippen LogP contribution in [0.4, 0.5) is 11.4 Å². The van der Waals surface area contributed by atoms with Crippen LogP contribution in [0.5, 0.6) is 0 Å². The lowest BCUT2D eigenvalue weighted by Crippen LogP contribution is -2.49. The van der Waals surface area contributed by atoms with Gasteiger partial charge in [0.05, 0.1) is 6.04 Å². The molecule has 2 aromatic rings. The summed E-state index contributed by atoms with van der Waals surface area (Å²) in [7, 11) is 4.26. The van der Waals surface area contributed by atoms with Gasteiger partial charge in [-0.2, -0.15) is 0 Å². The number of anilines is 2. The molecule has 2 heterocycles. The zero-order valence-electron chi connectivity index (χ0n) is 20.1. The molecule has 0 radical (unpaired) electrons. The number of para-hydroxylation sites is 1. The van der Waals surface area contributed by atoms with Gasteiger partial charge in [0.2, 0.25) is 0 Å². The summed E-state index contributed by atoms with van der Waals surface area (Å²) in [6, 6.07) is 12.5. The van der Waals surface area contributed by atoms with Crippen molar-refractivity contribution in [3.8, 4) is 0 Å². The Morgan fingerprint density at radius 1 is 0.939 bits per heavy atom. The van der Waals surface area contributed by atoms with Gasteiger partial charge in [-0.25, -0.2) is 0 Å². The van der Waals surface area contributed by atoms with Gasteiger partial charge in [-0.05, 0) is 55.6 Å². The van der Waals surface area contributed by atoms with Crippen molar-refractivity contribution in [2.45, 2.75) is 26.3 Å². The van der Waals surface area contributed by atoms with Crippen LogP contribution in [-0.2, 0) is 16.0 Å². The zero-order valence-corrected chi connectivity index (χ0v) is 20.1. The molecule has 1 atom stereocenters. The van der Waals surface area contributed by atoms with Crippen LogP contribution in [0.25, 0.3) is 0 Å². The zero-order chi connectivity index (χ0) is 23.5. The number of nitrogens with one attached hydrogen (secondary N) is 2. The second-order valence-corrected chi connectivity index (χ2v) is 9.35. The molecular formula is C26H35N5O2. The highest BCUT2D eigenvalue weighted by Crippen LogP contribution is 2.31. The van der Waals surface area contributed by atoms with Crippen molar-refractivity contribution < 1.29 is 9.59 Å². The molecule has 1 fully saturated rings. The number of benzene rings is 2. The van der Waals surface area contributed by atoms with E-state index in [2.05, 4.69) is 57.6 Å². The summed E-state index contributed by atoms with van der Waals surface area (Å²) in [6.45, 7) is 9.14. The summed E-state index contributed by atoms with van der Waals surface area (Å²) < 4.78 is 0. The molecule has 2 aliphatic rings. The summed E-state index contributed by atoms with van der Waals surface area (Å²) in [5, 5.41) is 5.70. The average molecular weight is 450 g/mol.